The Balaban J connectivity index is 1.76. The summed E-state index contributed by atoms with van der Waals surface area (Å²) in [6.45, 7) is 3.54. The van der Waals surface area contributed by atoms with E-state index in [0.717, 1.165) is 5.56 Å². The second-order valence-electron chi connectivity index (χ2n) is 7.47. The van der Waals surface area contributed by atoms with E-state index in [-0.39, 0.29) is 19.0 Å². The quantitative estimate of drug-likeness (QED) is 0.335. The van der Waals surface area contributed by atoms with Gasteiger partial charge in [-0.3, -0.25) is 4.79 Å². The Labute approximate surface area is 197 Å². The van der Waals surface area contributed by atoms with E-state index in [1.807, 2.05) is 12.1 Å². The topological polar surface area (TPSA) is 129 Å². The van der Waals surface area contributed by atoms with Gasteiger partial charge in [0.2, 0.25) is 6.79 Å². The zero-order chi connectivity index (χ0) is 24.3. The largest absolute Gasteiger partial charge is 0.476 e. The Morgan fingerprint density at radius 2 is 1.61 bits per heavy atom. The second kappa shape index (κ2) is 12.7. The molecule has 10 heteroatoms. The second-order valence-corrected chi connectivity index (χ2v) is 7.90. The van der Waals surface area contributed by atoms with Crippen LogP contribution in [0.5, 0.6) is 5.75 Å². The maximum atomic E-state index is 12.2. The molecule has 0 heterocycles. The van der Waals surface area contributed by atoms with Gasteiger partial charge in [0, 0.05) is 30.2 Å². The van der Waals surface area contributed by atoms with Crippen molar-refractivity contribution in [1.82, 2.24) is 10.6 Å². The highest BCUT2D eigenvalue weighted by atomic mass is 35.5. The predicted octanol–water partition coefficient (Wildman–Crippen LogP) is 2.66. The predicted molar refractivity (Wildman–Crippen MR) is 123 cm³/mol. The number of hydrogen-bond acceptors (Lipinski definition) is 7. The van der Waals surface area contributed by atoms with Crippen molar-refractivity contribution in [2.24, 2.45) is 5.73 Å². The van der Waals surface area contributed by atoms with Crippen molar-refractivity contribution in [3.8, 4) is 5.75 Å². The fraction of sp³-hybridized carbons (Fsp3) is 0.348. The van der Waals surface area contributed by atoms with E-state index >= 15 is 0 Å². The van der Waals surface area contributed by atoms with E-state index in [1.165, 1.54) is 0 Å². The molecule has 2 aromatic carbocycles. The van der Waals surface area contributed by atoms with Crippen LogP contribution in [-0.4, -0.2) is 50.0 Å². The first-order chi connectivity index (χ1) is 15.7. The molecule has 2 amide bonds. The van der Waals surface area contributed by atoms with Crippen LogP contribution >= 0.6 is 11.6 Å². The molecule has 178 valence electrons. The average molecular weight is 478 g/mol. The van der Waals surface area contributed by atoms with Gasteiger partial charge in [0.15, 0.2) is 5.60 Å². The summed E-state index contributed by atoms with van der Waals surface area (Å²) in [5.74, 6) is -0.400. The fourth-order valence-electron chi connectivity index (χ4n) is 2.62. The number of benzene rings is 2. The van der Waals surface area contributed by atoms with Gasteiger partial charge in [0.1, 0.15) is 5.75 Å². The van der Waals surface area contributed by atoms with E-state index in [2.05, 4.69) is 10.6 Å². The van der Waals surface area contributed by atoms with Crippen molar-refractivity contribution in [3.63, 3.8) is 0 Å². The molecule has 0 saturated heterocycles. The van der Waals surface area contributed by atoms with Crippen LogP contribution in [-0.2, 0) is 20.7 Å². The van der Waals surface area contributed by atoms with Gasteiger partial charge < -0.3 is 30.6 Å². The third kappa shape index (κ3) is 8.99. The first kappa shape index (κ1) is 26.0. The minimum atomic E-state index is -1.30. The maximum Gasteiger partial charge on any atom is 0.410 e. The van der Waals surface area contributed by atoms with Gasteiger partial charge in [-0.2, -0.15) is 0 Å². The lowest BCUT2D eigenvalue weighted by Gasteiger charge is -2.24. The van der Waals surface area contributed by atoms with Crippen LogP contribution in [0.2, 0.25) is 5.02 Å². The molecule has 0 aliphatic carbocycles. The highest BCUT2D eigenvalue weighted by Gasteiger charge is 2.32. The summed E-state index contributed by atoms with van der Waals surface area (Å²) < 4.78 is 15.4. The normalized spacial score (nSPS) is 10.8. The highest BCUT2D eigenvalue weighted by Crippen LogP contribution is 2.20. The molecule has 0 saturated carbocycles. The molecule has 0 bridgehead atoms. The zero-order valence-corrected chi connectivity index (χ0v) is 19.3. The number of esters is 1. The van der Waals surface area contributed by atoms with Gasteiger partial charge in [-0.05, 0) is 62.2 Å². The molecule has 2 rings (SSSR count). The van der Waals surface area contributed by atoms with Gasteiger partial charge in [-0.1, -0.05) is 23.7 Å². The Morgan fingerprint density at radius 3 is 2.24 bits per heavy atom. The third-order valence-electron chi connectivity index (χ3n) is 4.39. The summed E-state index contributed by atoms with van der Waals surface area (Å²) in [7, 11) is 0. The first-order valence-electron chi connectivity index (χ1n) is 10.3. The van der Waals surface area contributed by atoms with Crippen molar-refractivity contribution in [1.29, 1.82) is 0 Å². The van der Waals surface area contributed by atoms with Crippen molar-refractivity contribution < 1.29 is 28.6 Å². The smallest absolute Gasteiger partial charge is 0.410 e. The molecule has 0 fully saturated rings. The molecule has 0 aliphatic rings. The van der Waals surface area contributed by atoms with Gasteiger partial charge in [-0.15, -0.1) is 0 Å². The van der Waals surface area contributed by atoms with Gasteiger partial charge in [0.25, 0.3) is 5.91 Å². The highest BCUT2D eigenvalue weighted by molar-refractivity contribution is 6.30. The number of ether oxygens (including phenoxy) is 3. The summed E-state index contributed by atoms with van der Waals surface area (Å²) in [6, 6.07) is 13.8. The van der Waals surface area contributed by atoms with Crippen molar-refractivity contribution in [3.05, 3.63) is 64.7 Å². The van der Waals surface area contributed by atoms with Crippen LogP contribution in [0.25, 0.3) is 0 Å². The lowest BCUT2D eigenvalue weighted by atomic mass is 10.1. The molecular weight excluding hydrogens is 450 g/mol. The molecule has 2 aromatic rings. The summed E-state index contributed by atoms with van der Waals surface area (Å²) in [4.78, 5) is 35.7. The molecular formula is C23H28ClN3O6. The van der Waals surface area contributed by atoms with E-state index in [9.17, 15) is 14.4 Å². The lowest BCUT2D eigenvalue weighted by Crippen LogP contribution is -2.40. The molecule has 0 aromatic heterocycles. The van der Waals surface area contributed by atoms with Gasteiger partial charge >= 0.3 is 12.1 Å². The number of rotatable bonds is 11. The Morgan fingerprint density at radius 1 is 0.939 bits per heavy atom. The van der Waals surface area contributed by atoms with Crippen LogP contribution in [0.15, 0.2) is 48.5 Å². The summed E-state index contributed by atoms with van der Waals surface area (Å²) in [5.41, 5.74) is 5.49. The summed E-state index contributed by atoms with van der Waals surface area (Å²) in [5, 5.41) is 5.81. The Bertz CT molecular complexity index is 932. The van der Waals surface area contributed by atoms with Crippen molar-refractivity contribution in [2.45, 2.75) is 25.9 Å². The molecule has 0 unspecified atom stereocenters. The van der Waals surface area contributed by atoms with Crippen LogP contribution in [0.3, 0.4) is 0 Å². The molecule has 0 atom stereocenters. The molecule has 0 radical (unpaired) electrons. The number of carbonyl (C=O) groups excluding carboxylic acids is 3. The van der Waals surface area contributed by atoms with Crippen LogP contribution in [0, 0.1) is 0 Å². The number of hydrogen-bond donors (Lipinski definition) is 3. The van der Waals surface area contributed by atoms with E-state index in [0.29, 0.717) is 29.3 Å². The number of nitrogens with two attached hydrogens (primary N) is 1. The minimum absolute atomic E-state index is 0.173. The zero-order valence-electron chi connectivity index (χ0n) is 18.6. The molecule has 4 N–H and O–H groups in total. The minimum Gasteiger partial charge on any atom is -0.476 e. The lowest BCUT2D eigenvalue weighted by molar-refractivity contribution is -0.167. The maximum absolute atomic E-state index is 12.2. The number of amides is 2. The standard InChI is InChI=1S/C23H28ClN3O6/c1-23(2,21(29)31-15-32-22(30)27-14-12-25)33-19-9-3-16(4-10-19)11-13-26-20(28)17-5-7-18(24)8-6-17/h3-10H,11-15,25H2,1-2H3,(H,26,28)(H,27,30). The van der Waals surface area contributed by atoms with Crippen molar-refractivity contribution in [2.75, 3.05) is 26.4 Å². The van der Waals surface area contributed by atoms with Gasteiger partial charge in [-0.25, -0.2) is 9.59 Å². The molecule has 0 aliphatic heterocycles. The summed E-state index contributed by atoms with van der Waals surface area (Å²) in [6.07, 6.45) is -0.110. The monoisotopic (exact) mass is 477 g/mol. The molecule has 33 heavy (non-hydrogen) atoms. The number of alkyl carbamates (subject to hydrolysis) is 1. The van der Waals surface area contributed by atoms with Crippen LogP contribution < -0.4 is 21.1 Å². The van der Waals surface area contributed by atoms with E-state index in [4.69, 9.17) is 31.5 Å². The molecule has 0 spiro atoms. The summed E-state index contributed by atoms with van der Waals surface area (Å²) >= 11 is 5.83. The van der Waals surface area contributed by atoms with Crippen LogP contribution in [0.1, 0.15) is 29.8 Å². The average Bonchev–Trinajstić information content (AvgIpc) is 2.79. The molecule has 9 nitrogen and oxygen atoms in total. The van der Waals surface area contributed by atoms with E-state index < -0.39 is 24.5 Å². The van der Waals surface area contributed by atoms with Crippen molar-refractivity contribution >= 4 is 29.6 Å². The van der Waals surface area contributed by atoms with Crippen LogP contribution in [0.4, 0.5) is 4.79 Å². The fourth-order valence-corrected chi connectivity index (χ4v) is 2.75. The Hall–Kier alpha value is -3.30. The SMILES string of the molecule is CC(C)(Oc1ccc(CCNC(=O)c2ccc(Cl)cc2)cc1)C(=O)OCOC(=O)NCCN. The van der Waals surface area contributed by atoms with Gasteiger partial charge in [0.05, 0.1) is 0 Å². The third-order valence-corrected chi connectivity index (χ3v) is 4.64. The van der Waals surface area contributed by atoms with E-state index in [1.54, 1.807) is 50.2 Å². The Kier molecular flexibility index (Phi) is 9.96. The number of carbonyl (C=O) groups is 3. The first-order valence-corrected chi connectivity index (χ1v) is 10.7. The number of halogens is 1. The number of nitrogens with one attached hydrogen (secondary N) is 2.